The van der Waals surface area contributed by atoms with E-state index < -0.39 is 0 Å². The maximum atomic E-state index is 5.59. The van der Waals surface area contributed by atoms with E-state index in [1.54, 1.807) is 6.07 Å². The maximum absolute atomic E-state index is 5.59. The molecule has 20 heavy (non-hydrogen) atoms. The van der Waals surface area contributed by atoms with Gasteiger partial charge in [-0.2, -0.15) is 0 Å². The molecular formula is C15H18N4S. The Bertz CT molecular complexity index is 638. The number of nitrogens with two attached hydrogens (primary N) is 1. The highest BCUT2D eigenvalue weighted by Gasteiger charge is 2.04. The zero-order chi connectivity index (χ0) is 14.7. The molecule has 3 N–H and O–H groups in total. The first-order chi connectivity index (χ1) is 9.47. The predicted molar refractivity (Wildman–Crippen MR) is 88.9 cm³/mol. The van der Waals surface area contributed by atoms with E-state index in [4.69, 9.17) is 18.0 Å². The summed E-state index contributed by atoms with van der Waals surface area (Å²) in [7, 11) is 4.05. The fourth-order valence-corrected chi connectivity index (χ4v) is 2.07. The Hall–Kier alpha value is -2.14. The standard InChI is InChI=1S/C15H18N4S/c1-10-7-8-11(9-13(10)19(2)3)17-14-6-4-5-12(18-14)15(16)20/h4-9H,1-3H3,(H2,16,20)(H,17,18). The van der Waals surface area contributed by atoms with Gasteiger partial charge in [0.1, 0.15) is 10.8 Å². The molecule has 0 amide bonds. The van der Waals surface area contributed by atoms with E-state index in [9.17, 15) is 0 Å². The summed E-state index contributed by atoms with van der Waals surface area (Å²) in [5, 5.41) is 3.27. The quantitative estimate of drug-likeness (QED) is 0.847. The molecule has 0 aliphatic rings. The van der Waals surface area contributed by atoms with Crippen molar-refractivity contribution in [1.82, 2.24) is 4.98 Å². The van der Waals surface area contributed by atoms with Crippen LogP contribution in [-0.4, -0.2) is 24.1 Å². The molecule has 2 aromatic rings. The summed E-state index contributed by atoms with van der Waals surface area (Å²) < 4.78 is 0. The third-order valence-electron chi connectivity index (χ3n) is 2.96. The Morgan fingerprint density at radius 1 is 1.25 bits per heavy atom. The van der Waals surface area contributed by atoms with E-state index in [-0.39, 0.29) is 0 Å². The molecule has 1 heterocycles. The topological polar surface area (TPSA) is 54.2 Å². The van der Waals surface area contributed by atoms with Gasteiger partial charge in [0, 0.05) is 25.5 Å². The number of aromatic nitrogens is 1. The van der Waals surface area contributed by atoms with Crippen molar-refractivity contribution < 1.29 is 0 Å². The minimum absolute atomic E-state index is 0.298. The molecule has 104 valence electrons. The van der Waals surface area contributed by atoms with Gasteiger partial charge in [0.2, 0.25) is 0 Å². The molecule has 4 nitrogen and oxygen atoms in total. The average molecular weight is 286 g/mol. The van der Waals surface area contributed by atoms with Crippen LogP contribution in [0.25, 0.3) is 0 Å². The lowest BCUT2D eigenvalue weighted by atomic mass is 10.1. The van der Waals surface area contributed by atoms with Crippen LogP contribution in [0.1, 0.15) is 11.3 Å². The molecule has 0 spiro atoms. The number of aryl methyl sites for hydroxylation is 1. The number of pyridine rings is 1. The SMILES string of the molecule is Cc1ccc(Nc2cccc(C(N)=S)n2)cc1N(C)C. The van der Waals surface area contributed by atoms with Crippen molar-refractivity contribution in [2.45, 2.75) is 6.92 Å². The van der Waals surface area contributed by atoms with Crippen LogP contribution < -0.4 is 16.0 Å². The van der Waals surface area contributed by atoms with E-state index in [0.717, 1.165) is 11.5 Å². The Morgan fingerprint density at radius 2 is 2.00 bits per heavy atom. The number of anilines is 3. The van der Waals surface area contributed by atoms with Gasteiger partial charge >= 0.3 is 0 Å². The molecule has 2 rings (SSSR count). The lowest BCUT2D eigenvalue weighted by Crippen LogP contribution is -2.12. The van der Waals surface area contributed by atoms with Crippen LogP contribution in [0.3, 0.4) is 0 Å². The average Bonchev–Trinajstić information content (AvgIpc) is 2.41. The second-order valence-electron chi connectivity index (χ2n) is 4.79. The van der Waals surface area contributed by atoms with E-state index in [2.05, 4.69) is 34.3 Å². The molecule has 0 saturated heterocycles. The third-order valence-corrected chi connectivity index (χ3v) is 3.17. The fraction of sp³-hybridized carbons (Fsp3) is 0.200. The Balaban J connectivity index is 2.28. The first-order valence-corrected chi connectivity index (χ1v) is 6.70. The number of benzene rings is 1. The molecule has 1 aromatic heterocycles. The number of thiocarbonyl (C=S) groups is 1. The van der Waals surface area contributed by atoms with Gasteiger partial charge in [-0.05, 0) is 36.8 Å². The number of hydrogen-bond acceptors (Lipinski definition) is 4. The van der Waals surface area contributed by atoms with Crippen LogP contribution in [0.2, 0.25) is 0 Å². The van der Waals surface area contributed by atoms with Gasteiger partial charge < -0.3 is 16.0 Å². The first kappa shape index (κ1) is 14.3. The molecular weight excluding hydrogens is 268 g/mol. The number of nitrogens with one attached hydrogen (secondary N) is 1. The lowest BCUT2D eigenvalue weighted by Gasteiger charge is -2.17. The van der Waals surface area contributed by atoms with Crippen molar-refractivity contribution in [3.63, 3.8) is 0 Å². The summed E-state index contributed by atoms with van der Waals surface area (Å²) in [5.41, 5.74) is 9.58. The zero-order valence-electron chi connectivity index (χ0n) is 11.8. The highest BCUT2D eigenvalue weighted by atomic mass is 32.1. The number of nitrogens with zero attached hydrogens (tertiary/aromatic N) is 2. The van der Waals surface area contributed by atoms with Crippen LogP contribution in [0.5, 0.6) is 0 Å². The third kappa shape index (κ3) is 3.24. The molecule has 0 aliphatic heterocycles. The molecule has 0 fully saturated rings. The molecule has 5 heteroatoms. The summed E-state index contributed by atoms with van der Waals surface area (Å²) in [5.74, 6) is 0.726. The summed E-state index contributed by atoms with van der Waals surface area (Å²) in [4.78, 5) is 6.75. The van der Waals surface area contributed by atoms with Crippen molar-refractivity contribution in [2.75, 3.05) is 24.3 Å². The Kier molecular flexibility index (Phi) is 4.20. The van der Waals surface area contributed by atoms with E-state index in [1.807, 2.05) is 32.3 Å². The van der Waals surface area contributed by atoms with Crippen LogP contribution >= 0.6 is 12.2 Å². The normalized spacial score (nSPS) is 10.2. The zero-order valence-corrected chi connectivity index (χ0v) is 12.7. The Labute approximate surface area is 124 Å². The lowest BCUT2D eigenvalue weighted by molar-refractivity contribution is 1.11. The molecule has 1 aromatic carbocycles. The summed E-state index contributed by atoms with van der Waals surface area (Å²) in [6, 6.07) is 11.8. The van der Waals surface area contributed by atoms with Gasteiger partial charge in [0.25, 0.3) is 0 Å². The maximum Gasteiger partial charge on any atom is 0.131 e. The predicted octanol–water partition coefficient (Wildman–Crippen LogP) is 2.83. The van der Waals surface area contributed by atoms with E-state index in [1.165, 1.54) is 11.3 Å². The largest absolute Gasteiger partial charge is 0.388 e. The van der Waals surface area contributed by atoms with E-state index >= 15 is 0 Å². The highest BCUT2D eigenvalue weighted by Crippen LogP contribution is 2.24. The molecule has 0 bridgehead atoms. The summed E-state index contributed by atoms with van der Waals surface area (Å²) >= 11 is 4.94. The van der Waals surface area contributed by atoms with E-state index in [0.29, 0.717) is 10.7 Å². The van der Waals surface area contributed by atoms with Crippen LogP contribution in [0.15, 0.2) is 36.4 Å². The van der Waals surface area contributed by atoms with Crippen molar-refractivity contribution in [1.29, 1.82) is 0 Å². The molecule has 0 atom stereocenters. The smallest absolute Gasteiger partial charge is 0.131 e. The van der Waals surface area contributed by atoms with Gasteiger partial charge in [0.15, 0.2) is 0 Å². The molecule has 0 radical (unpaired) electrons. The fourth-order valence-electron chi connectivity index (χ4n) is 1.96. The van der Waals surface area contributed by atoms with Gasteiger partial charge in [-0.3, -0.25) is 0 Å². The molecule has 0 unspecified atom stereocenters. The van der Waals surface area contributed by atoms with Crippen molar-refractivity contribution in [3.05, 3.63) is 47.7 Å². The van der Waals surface area contributed by atoms with Crippen LogP contribution in [0, 0.1) is 6.92 Å². The van der Waals surface area contributed by atoms with Gasteiger partial charge in [-0.15, -0.1) is 0 Å². The number of hydrogen-bond donors (Lipinski definition) is 2. The van der Waals surface area contributed by atoms with Crippen molar-refractivity contribution in [3.8, 4) is 0 Å². The second-order valence-corrected chi connectivity index (χ2v) is 5.23. The second kappa shape index (κ2) is 5.88. The first-order valence-electron chi connectivity index (χ1n) is 6.29. The summed E-state index contributed by atoms with van der Waals surface area (Å²) in [6.07, 6.45) is 0. The minimum Gasteiger partial charge on any atom is -0.388 e. The molecule has 0 aliphatic carbocycles. The van der Waals surface area contributed by atoms with Crippen LogP contribution in [0.4, 0.5) is 17.2 Å². The minimum atomic E-state index is 0.298. The Morgan fingerprint density at radius 3 is 2.65 bits per heavy atom. The number of rotatable bonds is 4. The van der Waals surface area contributed by atoms with Crippen molar-refractivity contribution in [2.24, 2.45) is 5.73 Å². The van der Waals surface area contributed by atoms with Gasteiger partial charge in [0.05, 0.1) is 5.69 Å². The van der Waals surface area contributed by atoms with Gasteiger partial charge in [-0.1, -0.05) is 24.4 Å². The summed E-state index contributed by atoms with van der Waals surface area (Å²) in [6.45, 7) is 2.09. The highest BCUT2D eigenvalue weighted by molar-refractivity contribution is 7.80. The van der Waals surface area contributed by atoms with Gasteiger partial charge in [-0.25, -0.2) is 4.98 Å². The van der Waals surface area contributed by atoms with Crippen molar-refractivity contribution >= 4 is 34.4 Å². The monoisotopic (exact) mass is 286 g/mol. The molecule has 0 saturated carbocycles. The van der Waals surface area contributed by atoms with Crippen LogP contribution in [-0.2, 0) is 0 Å².